The SMILES string of the molecule is Cc1ccc(Cl)cc1Nc1ncnc(N2CCC(C)CC2)c1N. The Morgan fingerprint density at radius 3 is 2.74 bits per heavy atom. The quantitative estimate of drug-likeness (QED) is 0.889. The number of anilines is 4. The van der Waals surface area contributed by atoms with E-state index in [1.165, 1.54) is 12.8 Å². The fourth-order valence-corrected chi connectivity index (χ4v) is 2.99. The van der Waals surface area contributed by atoms with E-state index in [4.69, 9.17) is 17.3 Å². The van der Waals surface area contributed by atoms with Gasteiger partial charge in [-0.1, -0.05) is 24.6 Å². The van der Waals surface area contributed by atoms with Crippen LogP contribution in [0.2, 0.25) is 5.02 Å². The summed E-state index contributed by atoms with van der Waals surface area (Å²) in [6, 6.07) is 5.71. The Morgan fingerprint density at radius 2 is 2.00 bits per heavy atom. The van der Waals surface area contributed by atoms with Crippen molar-refractivity contribution in [1.82, 2.24) is 9.97 Å². The molecule has 0 saturated carbocycles. The predicted octanol–water partition coefficient (Wildman–Crippen LogP) is 4.00. The van der Waals surface area contributed by atoms with Crippen molar-refractivity contribution in [2.24, 2.45) is 5.92 Å². The monoisotopic (exact) mass is 331 g/mol. The largest absolute Gasteiger partial charge is 0.393 e. The molecule has 3 N–H and O–H groups in total. The van der Waals surface area contributed by atoms with E-state index in [1.54, 1.807) is 6.33 Å². The van der Waals surface area contributed by atoms with Gasteiger partial charge >= 0.3 is 0 Å². The van der Waals surface area contributed by atoms with Crippen molar-refractivity contribution in [1.29, 1.82) is 0 Å². The molecule has 0 spiro atoms. The first kappa shape index (κ1) is 15.9. The number of nitrogens with two attached hydrogens (primary N) is 1. The number of aromatic nitrogens is 2. The second-order valence-electron chi connectivity index (χ2n) is 6.21. The van der Waals surface area contributed by atoms with Crippen molar-refractivity contribution in [3.8, 4) is 0 Å². The third-order valence-electron chi connectivity index (χ3n) is 4.40. The number of hydrogen-bond donors (Lipinski definition) is 2. The van der Waals surface area contributed by atoms with Gasteiger partial charge in [-0.3, -0.25) is 0 Å². The molecular weight excluding hydrogens is 310 g/mol. The lowest BCUT2D eigenvalue weighted by molar-refractivity contribution is 0.437. The Kier molecular flexibility index (Phi) is 4.57. The lowest BCUT2D eigenvalue weighted by atomic mass is 9.99. The molecule has 0 atom stereocenters. The van der Waals surface area contributed by atoms with Gasteiger partial charge in [-0.15, -0.1) is 0 Å². The third kappa shape index (κ3) is 3.50. The highest BCUT2D eigenvalue weighted by Crippen LogP contribution is 2.32. The molecule has 122 valence electrons. The van der Waals surface area contributed by atoms with Crippen LogP contribution < -0.4 is 16.0 Å². The van der Waals surface area contributed by atoms with Crippen LogP contribution in [0, 0.1) is 12.8 Å². The van der Waals surface area contributed by atoms with Crippen LogP contribution in [-0.4, -0.2) is 23.1 Å². The number of rotatable bonds is 3. The first-order valence-corrected chi connectivity index (χ1v) is 8.31. The summed E-state index contributed by atoms with van der Waals surface area (Å²) in [5.74, 6) is 2.20. The van der Waals surface area contributed by atoms with Crippen molar-refractivity contribution in [2.45, 2.75) is 26.7 Å². The molecule has 1 aliphatic rings. The first-order chi connectivity index (χ1) is 11.0. The highest BCUT2D eigenvalue weighted by atomic mass is 35.5. The maximum atomic E-state index is 6.32. The standard InChI is InChI=1S/C17H22ClN5/c1-11-5-7-23(8-6-11)17-15(19)16(20-10-21-17)22-14-9-13(18)4-3-12(14)2/h3-4,9-11H,5-8,19H2,1-2H3,(H,20,21,22). The van der Waals surface area contributed by atoms with E-state index in [9.17, 15) is 0 Å². The predicted molar refractivity (Wildman–Crippen MR) is 96.5 cm³/mol. The average molecular weight is 332 g/mol. The molecule has 1 fully saturated rings. The summed E-state index contributed by atoms with van der Waals surface area (Å²) in [5, 5.41) is 3.96. The Hall–Kier alpha value is -2.01. The molecule has 1 aromatic heterocycles. The van der Waals surface area contributed by atoms with Crippen LogP contribution in [0.5, 0.6) is 0 Å². The molecule has 3 rings (SSSR count). The van der Waals surface area contributed by atoms with Gasteiger partial charge < -0.3 is 16.0 Å². The molecule has 5 nitrogen and oxygen atoms in total. The van der Waals surface area contributed by atoms with Gasteiger partial charge in [-0.2, -0.15) is 0 Å². The third-order valence-corrected chi connectivity index (χ3v) is 4.63. The molecule has 6 heteroatoms. The maximum Gasteiger partial charge on any atom is 0.159 e. The lowest BCUT2D eigenvalue weighted by Crippen LogP contribution is -2.34. The maximum absolute atomic E-state index is 6.32. The smallest absolute Gasteiger partial charge is 0.159 e. The topological polar surface area (TPSA) is 67.1 Å². The summed E-state index contributed by atoms with van der Waals surface area (Å²) in [6.07, 6.45) is 3.89. The summed E-state index contributed by atoms with van der Waals surface area (Å²) in [6.45, 7) is 6.27. The molecule has 0 radical (unpaired) electrons. The van der Waals surface area contributed by atoms with Crippen LogP contribution >= 0.6 is 11.6 Å². The average Bonchev–Trinajstić information content (AvgIpc) is 2.54. The number of hydrogen-bond acceptors (Lipinski definition) is 5. The highest BCUT2D eigenvalue weighted by molar-refractivity contribution is 6.30. The fourth-order valence-electron chi connectivity index (χ4n) is 2.81. The van der Waals surface area contributed by atoms with Gasteiger partial charge in [-0.05, 0) is 43.4 Å². The normalized spacial score (nSPS) is 15.7. The van der Waals surface area contributed by atoms with Crippen molar-refractivity contribution in [3.63, 3.8) is 0 Å². The van der Waals surface area contributed by atoms with Crippen molar-refractivity contribution in [3.05, 3.63) is 35.1 Å². The van der Waals surface area contributed by atoms with Crippen LogP contribution in [0.25, 0.3) is 0 Å². The van der Waals surface area contributed by atoms with Gasteiger partial charge in [0.15, 0.2) is 11.6 Å². The zero-order valence-electron chi connectivity index (χ0n) is 13.5. The van der Waals surface area contributed by atoms with Crippen LogP contribution in [-0.2, 0) is 0 Å². The number of halogens is 1. The minimum atomic E-state index is 0.585. The number of nitrogens with one attached hydrogen (secondary N) is 1. The van der Waals surface area contributed by atoms with Gasteiger partial charge in [0, 0.05) is 23.8 Å². The molecule has 1 aromatic carbocycles. The molecule has 0 amide bonds. The molecule has 1 saturated heterocycles. The molecular formula is C17H22ClN5. The van der Waals surface area contributed by atoms with Gasteiger partial charge in [0.25, 0.3) is 0 Å². The van der Waals surface area contributed by atoms with Gasteiger partial charge in [-0.25, -0.2) is 9.97 Å². The lowest BCUT2D eigenvalue weighted by Gasteiger charge is -2.32. The number of piperidine rings is 1. The number of nitrogens with zero attached hydrogens (tertiary/aromatic N) is 3. The molecule has 0 bridgehead atoms. The molecule has 0 unspecified atom stereocenters. The Balaban J connectivity index is 1.86. The van der Waals surface area contributed by atoms with Gasteiger partial charge in [0.2, 0.25) is 0 Å². The van der Waals surface area contributed by atoms with Crippen LogP contribution in [0.15, 0.2) is 24.5 Å². The van der Waals surface area contributed by atoms with Crippen molar-refractivity contribution >= 4 is 34.6 Å². The fraction of sp³-hybridized carbons (Fsp3) is 0.412. The van der Waals surface area contributed by atoms with E-state index in [1.807, 2.05) is 25.1 Å². The molecule has 23 heavy (non-hydrogen) atoms. The summed E-state index contributed by atoms with van der Waals surface area (Å²) in [5.41, 5.74) is 8.90. The van der Waals surface area contributed by atoms with Gasteiger partial charge in [0.05, 0.1) is 0 Å². The minimum absolute atomic E-state index is 0.585. The van der Waals surface area contributed by atoms with E-state index in [0.717, 1.165) is 36.1 Å². The molecule has 2 aromatic rings. The van der Waals surface area contributed by atoms with Crippen molar-refractivity contribution < 1.29 is 0 Å². The molecule has 0 aliphatic carbocycles. The Morgan fingerprint density at radius 1 is 1.26 bits per heavy atom. The first-order valence-electron chi connectivity index (χ1n) is 7.93. The molecule has 1 aliphatic heterocycles. The number of aryl methyl sites for hydroxylation is 1. The van der Waals surface area contributed by atoms with E-state index in [0.29, 0.717) is 16.5 Å². The van der Waals surface area contributed by atoms with E-state index < -0.39 is 0 Å². The second kappa shape index (κ2) is 6.62. The Labute approximate surface area is 141 Å². The zero-order valence-corrected chi connectivity index (χ0v) is 14.3. The van der Waals surface area contributed by atoms with Crippen LogP contribution in [0.4, 0.5) is 23.0 Å². The highest BCUT2D eigenvalue weighted by Gasteiger charge is 2.20. The molecule has 2 heterocycles. The second-order valence-corrected chi connectivity index (χ2v) is 6.65. The van der Waals surface area contributed by atoms with Crippen LogP contribution in [0.1, 0.15) is 25.3 Å². The minimum Gasteiger partial charge on any atom is -0.393 e. The number of nitrogen functional groups attached to an aromatic ring is 1. The zero-order chi connectivity index (χ0) is 16.4. The van der Waals surface area contributed by atoms with E-state index >= 15 is 0 Å². The van der Waals surface area contributed by atoms with Gasteiger partial charge in [0.1, 0.15) is 12.0 Å². The summed E-state index contributed by atoms with van der Waals surface area (Å²) >= 11 is 6.08. The number of benzene rings is 1. The summed E-state index contributed by atoms with van der Waals surface area (Å²) in [7, 11) is 0. The van der Waals surface area contributed by atoms with E-state index in [-0.39, 0.29) is 0 Å². The van der Waals surface area contributed by atoms with Crippen molar-refractivity contribution in [2.75, 3.05) is 29.0 Å². The summed E-state index contributed by atoms with van der Waals surface area (Å²) in [4.78, 5) is 10.9. The van der Waals surface area contributed by atoms with E-state index in [2.05, 4.69) is 27.1 Å². The Bertz CT molecular complexity index is 695. The van der Waals surface area contributed by atoms with Crippen LogP contribution in [0.3, 0.4) is 0 Å². The summed E-state index contributed by atoms with van der Waals surface area (Å²) < 4.78 is 0.